The number of halogens is 2. The van der Waals surface area contributed by atoms with Crippen LogP contribution in [0.4, 0.5) is 0 Å². The van der Waals surface area contributed by atoms with E-state index < -0.39 is 0 Å². The minimum atomic E-state index is 0. The molecule has 0 heterocycles. The van der Waals surface area contributed by atoms with Crippen molar-refractivity contribution in [3.05, 3.63) is 84.9 Å². The van der Waals surface area contributed by atoms with Gasteiger partial charge in [-0.25, -0.2) is 0 Å². The Morgan fingerprint density at radius 3 is 1.38 bits per heavy atom. The van der Waals surface area contributed by atoms with Crippen molar-refractivity contribution in [2.24, 2.45) is 0 Å². The summed E-state index contributed by atoms with van der Waals surface area (Å²) in [6.07, 6.45) is 0. The standard InChI is InChI=1S/2C9H7.C2H5.Al.2ClH.Zr/c2*1-2-5-9-7-3-6-8(9)4-1;1-2;;;;/h2*1-7H;1H2,2H3;;2*1H;/q2*-1;;;;;+4/p-2. The first kappa shape index (κ1) is 25.9. The van der Waals surface area contributed by atoms with Gasteiger partial charge in [-0.05, 0) is 0 Å². The smallest absolute Gasteiger partial charge is 1.00 e. The maximum Gasteiger partial charge on any atom is 4.00 e. The van der Waals surface area contributed by atoms with Gasteiger partial charge in [0.1, 0.15) is 16.3 Å². The fourth-order valence-electron chi connectivity index (χ4n) is 2.14. The van der Waals surface area contributed by atoms with E-state index in [-0.39, 0.29) is 51.0 Å². The van der Waals surface area contributed by atoms with Gasteiger partial charge in [-0.3, -0.25) is 0 Å². The molecule has 4 rings (SSSR count). The summed E-state index contributed by atoms with van der Waals surface area (Å²) in [7, 11) is 0. The van der Waals surface area contributed by atoms with Crippen LogP contribution in [-0.2, 0) is 26.2 Å². The van der Waals surface area contributed by atoms with Gasteiger partial charge >= 0.3 is 26.2 Å². The van der Waals surface area contributed by atoms with E-state index in [9.17, 15) is 0 Å². The topological polar surface area (TPSA) is 0 Å². The average molecular weight is 448 g/mol. The van der Waals surface area contributed by atoms with Crippen LogP contribution in [0.3, 0.4) is 0 Å². The van der Waals surface area contributed by atoms with Crippen molar-refractivity contribution in [3.63, 3.8) is 0 Å². The Labute approximate surface area is 184 Å². The zero-order valence-electron chi connectivity index (χ0n) is 13.6. The Balaban J connectivity index is 0. The molecule has 4 aromatic carbocycles. The van der Waals surface area contributed by atoms with Gasteiger partial charge in [0.05, 0.1) is 0 Å². The summed E-state index contributed by atoms with van der Waals surface area (Å²) in [4.78, 5) is 0. The Morgan fingerprint density at radius 2 is 1.04 bits per heavy atom. The van der Waals surface area contributed by atoms with Crippen molar-refractivity contribution in [1.29, 1.82) is 0 Å². The van der Waals surface area contributed by atoms with E-state index in [1.807, 2.05) is 0 Å². The molecule has 0 spiro atoms. The minimum absolute atomic E-state index is 0. The fourth-order valence-corrected chi connectivity index (χ4v) is 2.14. The first-order chi connectivity index (χ1) is 10.3. The van der Waals surface area contributed by atoms with E-state index >= 15 is 0 Å². The zero-order chi connectivity index (χ0) is 14.9. The van der Waals surface area contributed by atoms with E-state index in [2.05, 4.69) is 108 Å². The van der Waals surface area contributed by atoms with Crippen molar-refractivity contribution in [1.82, 2.24) is 0 Å². The van der Waals surface area contributed by atoms with Crippen molar-refractivity contribution in [3.8, 4) is 0 Å². The third-order valence-electron chi connectivity index (χ3n) is 3.10. The average Bonchev–Trinajstić information content (AvgIpc) is 3.17. The first-order valence-corrected chi connectivity index (χ1v) is 8.07. The largest absolute Gasteiger partial charge is 4.00 e. The van der Waals surface area contributed by atoms with E-state index in [4.69, 9.17) is 0 Å². The van der Waals surface area contributed by atoms with Gasteiger partial charge in [0.15, 0.2) is 0 Å². The minimum Gasteiger partial charge on any atom is -1.00 e. The third-order valence-corrected chi connectivity index (χ3v) is 3.10. The normalized spacial score (nSPS) is 8.38. The summed E-state index contributed by atoms with van der Waals surface area (Å²) < 4.78 is 0. The molecule has 0 amide bonds. The Morgan fingerprint density at radius 1 is 0.708 bits per heavy atom. The molecular formula is C20H19AlCl2Zr. The summed E-state index contributed by atoms with van der Waals surface area (Å²) in [5.74, 6) is 0. The number of rotatable bonds is 0. The number of fused-ring (bicyclic) bond motifs is 2. The Kier molecular flexibility index (Phi) is 16.1. The third kappa shape index (κ3) is 8.16. The Bertz CT molecular complexity index is 651. The monoisotopic (exact) mass is 446 g/mol. The summed E-state index contributed by atoms with van der Waals surface area (Å²) in [6.45, 7) is 2.09. The molecule has 4 aromatic rings. The summed E-state index contributed by atoms with van der Waals surface area (Å²) in [6, 6.07) is 29.3. The second kappa shape index (κ2) is 15.0. The molecule has 0 aliphatic carbocycles. The molecule has 0 saturated heterocycles. The first-order valence-electron chi connectivity index (χ1n) is 7.26. The van der Waals surface area contributed by atoms with Crippen LogP contribution in [0.2, 0.25) is 5.28 Å². The Hall–Kier alpha value is -0.344. The van der Waals surface area contributed by atoms with Crippen LogP contribution in [-0.4, -0.2) is 16.3 Å². The van der Waals surface area contributed by atoms with Gasteiger partial charge in [-0.1, -0.05) is 19.1 Å². The maximum atomic E-state index is 2.58. The molecule has 0 atom stereocenters. The summed E-state index contributed by atoms with van der Waals surface area (Å²) in [5, 5.41) is 6.49. The molecular weight excluding hydrogens is 429 g/mol. The molecule has 4 heteroatoms. The molecule has 0 aromatic heterocycles. The van der Waals surface area contributed by atoms with Gasteiger partial charge in [-0.2, -0.15) is 35.0 Å². The SMILES string of the molecule is C[CH2][Al].[Cl-].[Cl-].[Zr+4].c1ccc2[cH-]ccc2c1.c1ccc2[cH-]ccc2c1. The van der Waals surface area contributed by atoms with Gasteiger partial charge in [0.25, 0.3) is 0 Å². The predicted molar refractivity (Wildman–Crippen MR) is 95.3 cm³/mol. The molecule has 0 unspecified atom stereocenters. The van der Waals surface area contributed by atoms with Crippen LogP contribution in [0.15, 0.2) is 84.9 Å². The van der Waals surface area contributed by atoms with Crippen LogP contribution < -0.4 is 24.8 Å². The molecule has 24 heavy (non-hydrogen) atoms. The van der Waals surface area contributed by atoms with Gasteiger partial charge < -0.3 is 24.8 Å². The summed E-state index contributed by atoms with van der Waals surface area (Å²) >= 11 is 2.58. The van der Waals surface area contributed by atoms with E-state index in [0.29, 0.717) is 0 Å². The molecule has 0 N–H and O–H groups in total. The van der Waals surface area contributed by atoms with Crippen molar-refractivity contribution in [2.45, 2.75) is 12.2 Å². The molecule has 0 aliphatic heterocycles. The van der Waals surface area contributed by atoms with Crippen LogP contribution in [0.25, 0.3) is 21.5 Å². The molecule has 0 aliphatic rings. The van der Waals surface area contributed by atoms with E-state index in [1.54, 1.807) is 0 Å². The molecule has 0 bridgehead atoms. The van der Waals surface area contributed by atoms with Crippen LogP contribution in [0, 0.1) is 0 Å². The van der Waals surface area contributed by atoms with Crippen molar-refractivity contribution < 1.29 is 51.0 Å². The maximum absolute atomic E-state index is 2.58. The van der Waals surface area contributed by atoms with Crippen LogP contribution >= 0.6 is 0 Å². The number of hydrogen-bond donors (Lipinski definition) is 0. The second-order valence-electron chi connectivity index (χ2n) is 4.72. The molecule has 2 radical (unpaired) electrons. The quantitative estimate of drug-likeness (QED) is 0.257. The molecule has 0 nitrogen and oxygen atoms in total. The van der Waals surface area contributed by atoms with Gasteiger partial charge in [0, 0.05) is 0 Å². The summed E-state index contributed by atoms with van der Waals surface area (Å²) in [5.41, 5.74) is 0. The van der Waals surface area contributed by atoms with Crippen molar-refractivity contribution >= 4 is 37.8 Å². The second-order valence-corrected chi connectivity index (χ2v) is 5.53. The van der Waals surface area contributed by atoms with Crippen molar-refractivity contribution in [2.75, 3.05) is 0 Å². The predicted octanol–water partition coefficient (Wildman–Crippen LogP) is -0.284. The molecule has 120 valence electrons. The fraction of sp³-hybridized carbons (Fsp3) is 0.100. The van der Waals surface area contributed by atoms with E-state index in [1.165, 1.54) is 26.8 Å². The van der Waals surface area contributed by atoms with Crippen LogP contribution in [0.5, 0.6) is 0 Å². The van der Waals surface area contributed by atoms with Gasteiger partial charge in [-0.15, -0.1) is 64.6 Å². The number of benzene rings is 2. The van der Waals surface area contributed by atoms with E-state index in [0.717, 1.165) is 0 Å². The zero-order valence-corrected chi connectivity index (χ0v) is 18.7. The molecule has 0 saturated carbocycles. The van der Waals surface area contributed by atoms with Gasteiger partial charge in [0.2, 0.25) is 0 Å². The van der Waals surface area contributed by atoms with Crippen LogP contribution in [0.1, 0.15) is 6.92 Å². The molecule has 0 fully saturated rings. The number of hydrogen-bond acceptors (Lipinski definition) is 0.